The quantitative estimate of drug-likeness (QED) is 0.389. The fourth-order valence-electron chi connectivity index (χ4n) is 3.36. The maximum Gasteiger partial charge on any atom is 0.261 e. The van der Waals surface area contributed by atoms with Crippen molar-refractivity contribution in [1.82, 2.24) is 15.1 Å². The number of aromatic nitrogens is 2. The Morgan fingerprint density at radius 2 is 1.88 bits per heavy atom. The topological polar surface area (TPSA) is 96.7 Å². The second-order valence-electron chi connectivity index (χ2n) is 7.21. The Morgan fingerprint density at radius 3 is 2.61 bits per heavy atom. The number of hydrogen-bond acceptors (Lipinski definition) is 5. The lowest BCUT2D eigenvalue weighted by molar-refractivity contribution is 0.0957. The second kappa shape index (κ2) is 9.63. The summed E-state index contributed by atoms with van der Waals surface area (Å²) in [4.78, 5) is 13.6. The van der Waals surface area contributed by atoms with Gasteiger partial charge in [-0.3, -0.25) is 4.79 Å². The number of nitrogens with two attached hydrogens (primary N) is 1. The molecule has 3 N–H and O–H groups in total. The van der Waals surface area contributed by atoms with Crippen LogP contribution in [0.1, 0.15) is 27.3 Å². The molecular weight excluding hydrogens is 444 g/mol. The summed E-state index contributed by atoms with van der Waals surface area (Å²) < 4.78 is 28.6. The zero-order valence-corrected chi connectivity index (χ0v) is 18.2. The normalized spacial score (nSPS) is 10.7. The van der Waals surface area contributed by atoms with Crippen LogP contribution in [0, 0.1) is 23.0 Å². The molecule has 2 heterocycles. The van der Waals surface area contributed by atoms with Crippen molar-refractivity contribution >= 4 is 23.1 Å². The Labute approximate surface area is 192 Å². The van der Waals surface area contributed by atoms with E-state index < -0.39 is 0 Å². The highest BCUT2D eigenvalue weighted by Crippen LogP contribution is 2.30. The van der Waals surface area contributed by atoms with E-state index in [1.165, 1.54) is 46.4 Å². The van der Waals surface area contributed by atoms with Gasteiger partial charge in [-0.05, 0) is 55.3 Å². The average Bonchev–Trinajstić information content (AvgIpc) is 3.42. The number of nitrogens with one attached hydrogen (secondary N) is 1. The van der Waals surface area contributed by atoms with E-state index >= 15 is 0 Å². The molecule has 0 fully saturated rings. The van der Waals surface area contributed by atoms with Gasteiger partial charge in [0.2, 0.25) is 0 Å². The van der Waals surface area contributed by atoms with Crippen molar-refractivity contribution in [1.29, 1.82) is 5.26 Å². The van der Waals surface area contributed by atoms with Gasteiger partial charge in [0.1, 0.15) is 29.1 Å². The zero-order valence-electron chi connectivity index (χ0n) is 17.4. The summed E-state index contributed by atoms with van der Waals surface area (Å²) in [6.07, 6.45) is 0.957. The number of aryl methyl sites for hydroxylation is 1. The molecule has 0 aliphatic carbocycles. The highest BCUT2D eigenvalue weighted by atomic mass is 32.1. The molecule has 6 nitrogen and oxygen atoms in total. The molecule has 166 valence electrons. The van der Waals surface area contributed by atoms with E-state index in [0.29, 0.717) is 46.1 Å². The maximum absolute atomic E-state index is 14.0. The molecule has 0 atom stereocenters. The standard InChI is InChI=1S/C24H19F2N5OS/c25-15-7-9-16(10-8-15)31-23(28)18(14-27)20(30-31)6-3-13-29-24(32)22-12-11-21(33-22)17-4-1-2-5-19(17)26/h1-2,4-5,7-12H,3,6,13,28H2,(H,29,32). The molecule has 0 spiro atoms. The number of halogens is 2. The number of anilines is 1. The molecule has 0 unspecified atom stereocenters. The molecule has 2 aromatic heterocycles. The van der Waals surface area contributed by atoms with Crippen LogP contribution in [0.15, 0.2) is 60.7 Å². The number of rotatable bonds is 7. The van der Waals surface area contributed by atoms with Crippen LogP contribution in [-0.2, 0) is 6.42 Å². The van der Waals surface area contributed by atoms with Gasteiger partial charge in [-0.15, -0.1) is 11.3 Å². The van der Waals surface area contributed by atoms with E-state index in [1.54, 1.807) is 30.3 Å². The first-order valence-electron chi connectivity index (χ1n) is 10.1. The summed E-state index contributed by atoms with van der Waals surface area (Å²) in [5.74, 6) is -0.784. The van der Waals surface area contributed by atoms with Crippen molar-refractivity contribution < 1.29 is 13.6 Å². The van der Waals surface area contributed by atoms with Gasteiger partial charge in [-0.2, -0.15) is 10.4 Å². The third-order valence-corrected chi connectivity index (χ3v) is 6.14. The van der Waals surface area contributed by atoms with Crippen molar-refractivity contribution in [2.24, 2.45) is 0 Å². The van der Waals surface area contributed by atoms with Crippen molar-refractivity contribution in [3.63, 3.8) is 0 Å². The summed E-state index contributed by atoms with van der Waals surface area (Å²) >= 11 is 1.22. The molecule has 4 aromatic rings. The Balaban J connectivity index is 1.37. The molecular formula is C24H19F2N5OS. The first kappa shape index (κ1) is 22.2. The molecule has 0 saturated carbocycles. The number of carbonyl (C=O) groups excluding carboxylic acids is 1. The summed E-state index contributed by atoms with van der Waals surface area (Å²) in [6, 6.07) is 17.5. The van der Waals surface area contributed by atoms with Crippen LogP contribution in [0.25, 0.3) is 16.1 Å². The third kappa shape index (κ3) is 4.76. The van der Waals surface area contributed by atoms with E-state index in [9.17, 15) is 18.8 Å². The van der Waals surface area contributed by atoms with E-state index in [2.05, 4.69) is 16.5 Å². The number of thiophene rings is 1. The number of benzene rings is 2. The molecule has 1 amide bonds. The minimum Gasteiger partial charge on any atom is -0.382 e. The second-order valence-corrected chi connectivity index (χ2v) is 8.29. The van der Waals surface area contributed by atoms with Crippen molar-refractivity contribution in [3.05, 3.63) is 88.4 Å². The van der Waals surface area contributed by atoms with Gasteiger partial charge in [0.05, 0.1) is 16.3 Å². The molecule has 33 heavy (non-hydrogen) atoms. The smallest absolute Gasteiger partial charge is 0.261 e. The summed E-state index contributed by atoms with van der Waals surface area (Å²) in [5, 5.41) is 16.7. The largest absolute Gasteiger partial charge is 0.382 e. The number of nitrogen functional groups attached to an aromatic ring is 1. The summed E-state index contributed by atoms with van der Waals surface area (Å²) in [5.41, 5.74) is 7.84. The van der Waals surface area contributed by atoms with E-state index in [0.717, 1.165) is 0 Å². The molecule has 0 aliphatic heterocycles. The average molecular weight is 464 g/mol. The lowest BCUT2D eigenvalue weighted by Crippen LogP contribution is -2.23. The molecule has 0 saturated heterocycles. The van der Waals surface area contributed by atoms with E-state index in [1.807, 2.05) is 0 Å². The Kier molecular flexibility index (Phi) is 6.47. The predicted molar refractivity (Wildman–Crippen MR) is 123 cm³/mol. The van der Waals surface area contributed by atoms with Crippen LogP contribution >= 0.6 is 11.3 Å². The highest BCUT2D eigenvalue weighted by molar-refractivity contribution is 7.17. The summed E-state index contributed by atoms with van der Waals surface area (Å²) in [7, 11) is 0. The highest BCUT2D eigenvalue weighted by Gasteiger charge is 2.17. The zero-order chi connectivity index (χ0) is 23.4. The van der Waals surface area contributed by atoms with Crippen molar-refractivity contribution in [2.75, 3.05) is 12.3 Å². The fraction of sp³-hybridized carbons (Fsp3) is 0.125. The van der Waals surface area contributed by atoms with Crippen LogP contribution in [0.5, 0.6) is 0 Å². The number of nitriles is 1. The first-order valence-corrected chi connectivity index (χ1v) is 11.0. The monoisotopic (exact) mass is 463 g/mol. The Hall–Kier alpha value is -4.03. The lowest BCUT2D eigenvalue weighted by Gasteiger charge is -2.03. The molecule has 0 radical (unpaired) electrons. The van der Waals surface area contributed by atoms with Crippen molar-refractivity contribution in [3.8, 4) is 22.2 Å². The van der Waals surface area contributed by atoms with Gasteiger partial charge >= 0.3 is 0 Å². The van der Waals surface area contributed by atoms with Gasteiger partial charge in [-0.1, -0.05) is 18.2 Å². The van der Waals surface area contributed by atoms with Crippen LogP contribution in [0.3, 0.4) is 0 Å². The van der Waals surface area contributed by atoms with Gasteiger partial charge < -0.3 is 11.1 Å². The number of carbonyl (C=O) groups is 1. The van der Waals surface area contributed by atoms with Crippen LogP contribution < -0.4 is 11.1 Å². The molecule has 4 rings (SSSR count). The third-order valence-electron chi connectivity index (χ3n) is 5.02. The summed E-state index contributed by atoms with van der Waals surface area (Å²) in [6.45, 7) is 0.361. The molecule has 9 heteroatoms. The first-order chi connectivity index (χ1) is 16.0. The van der Waals surface area contributed by atoms with Crippen LogP contribution in [0.4, 0.5) is 14.6 Å². The SMILES string of the molecule is N#Cc1c(CCCNC(=O)c2ccc(-c3ccccc3F)s2)nn(-c2ccc(F)cc2)c1N. The maximum atomic E-state index is 14.0. The molecule has 0 aliphatic rings. The van der Waals surface area contributed by atoms with Gasteiger partial charge in [0, 0.05) is 17.0 Å². The number of nitrogens with zero attached hydrogens (tertiary/aromatic N) is 3. The van der Waals surface area contributed by atoms with Gasteiger partial charge in [0.15, 0.2) is 0 Å². The van der Waals surface area contributed by atoms with Crippen molar-refractivity contribution in [2.45, 2.75) is 12.8 Å². The van der Waals surface area contributed by atoms with Crippen LogP contribution in [0.2, 0.25) is 0 Å². The minimum atomic E-state index is -0.382. The fourth-order valence-corrected chi connectivity index (χ4v) is 4.31. The Bertz CT molecular complexity index is 1340. The van der Waals surface area contributed by atoms with E-state index in [4.69, 9.17) is 5.73 Å². The molecule has 2 aromatic carbocycles. The lowest BCUT2D eigenvalue weighted by atomic mass is 10.1. The predicted octanol–water partition coefficient (Wildman–Crippen LogP) is 4.70. The molecule has 0 bridgehead atoms. The van der Waals surface area contributed by atoms with Gasteiger partial charge in [0.25, 0.3) is 5.91 Å². The van der Waals surface area contributed by atoms with E-state index in [-0.39, 0.29) is 28.9 Å². The number of hydrogen-bond donors (Lipinski definition) is 2. The number of amides is 1. The van der Waals surface area contributed by atoms with Crippen LogP contribution in [-0.4, -0.2) is 22.2 Å². The van der Waals surface area contributed by atoms with Gasteiger partial charge in [-0.25, -0.2) is 13.5 Å². The Morgan fingerprint density at radius 1 is 1.12 bits per heavy atom. The minimum absolute atomic E-state index is 0.183.